The van der Waals surface area contributed by atoms with Crippen LogP contribution in [0.25, 0.3) is 0 Å². The molecule has 94 valence electrons. The predicted octanol–water partition coefficient (Wildman–Crippen LogP) is 0.999. The highest BCUT2D eigenvalue weighted by Crippen LogP contribution is 2.13. The third kappa shape index (κ3) is 3.76. The third-order valence-corrected chi connectivity index (χ3v) is 3.32. The van der Waals surface area contributed by atoms with E-state index in [1.54, 1.807) is 0 Å². The fourth-order valence-electron chi connectivity index (χ4n) is 1.96. The standard InChI is InChI=1S/C12H24N2O2/c1-3-10(8-13)7-12(15)14-5-6-16-11(4-2)9-14/h10-11H,3-9,13H2,1-2H3. The molecule has 4 nitrogen and oxygen atoms in total. The third-order valence-electron chi connectivity index (χ3n) is 3.32. The molecule has 0 saturated carbocycles. The Balaban J connectivity index is 2.40. The first-order valence-corrected chi connectivity index (χ1v) is 6.30. The summed E-state index contributed by atoms with van der Waals surface area (Å²) in [6, 6.07) is 0. The van der Waals surface area contributed by atoms with Crippen LogP contribution in [0, 0.1) is 5.92 Å². The van der Waals surface area contributed by atoms with Gasteiger partial charge in [-0.15, -0.1) is 0 Å². The zero-order chi connectivity index (χ0) is 12.0. The molecule has 0 aromatic heterocycles. The highest BCUT2D eigenvalue weighted by Gasteiger charge is 2.24. The van der Waals surface area contributed by atoms with Crippen molar-refractivity contribution in [3.63, 3.8) is 0 Å². The molecule has 1 aliphatic rings. The molecule has 0 aromatic carbocycles. The van der Waals surface area contributed by atoms with Crippen molar-refractivity contribution in [2.24, 2.45) is 11.7 Å². The molecule has 1 aliphatic heterocycles. The molecule has 1 heterocycles. The molecular formula is C12H24N2O2. The number of rotatable bonds is 5. The molecule has 0 aliphatic carbocycles. The quantitative estimate of drug-likeness (QED) is 0.763. The molecule has 1 saturated heterocycles. The van der Waals surface area contributed by atoms with Gasteiger partial charge in [0.2, 0.25) is 5.91 Å². The average Bonchev–Trinajstić information content (AvgIpc) is 2.35. The maximum Gasteiger partial charge on any atom is 0.223 e. The minimum absolute atomic E-state index is 0.218. The minimum atomic E-state index is 0.218. The Kier molecular flexibility index (Phi) is 5.77. The molecule has 0 spiro atoms. The summed E-state index contributed by atoms with van der Waals surface area (Å²) in [6.45, 7) is 6.92. The molecule has 1 rings (SSSR count). The van der Waals surface area contributed by atoms with Gasteiger partial charge in [0.1, 0.15) is 0 Å². The number of ether oxygens (including phenoxy) is 1. The van der Waals surface area contributed by atoms with Gasteiger partial charge in [0.25, 0.3) is 0 Å². The normalized spacial score (nSPS) is 23.2. The van der Waals surface area contributed by atoms with Crippen molar-refractivity contribution in [1.29, 1.82) is 0 Å². The number of carbonyl (C=O) groups is 1. The summed E-state index contributed by atoms with van der Waals surface area (Å²) in [7, 11) is 0. The maximum atomic E-state index is 12.0. The fourth-order valence-corrected chi connectivity index (χ4v) is 1.96. The van der Waals surface area contributed by atoms with Gasteiger partial charge < -0.3 is 15.4 Å². The van der Waals surface area contributed by atoms with Gasteiger partial charge in [-0.3, -0.25) is 4.79 Å². The van der Waals surface area contributed by atoms with E-state index in [-0.39, 0.29) is 12.0 Å². The molecule has 2 unspecified atom stereocenters. The molecule has 2 atom stereocenters. The highest BCUT2D eigenvalue weighted by atomic mass is 16.5. The van der Waals surface area contributed by atoms with E-state index in [0.29, 0.717) is 25.5 Å². The highest BCUT2D eigenvalue weighted by molar-refractivity contribution is 5.76. The molecular weight excluding hydrogens is 204 g/mol. The number of amides is 1. The Morgan fingerprint density at radius 1 is 1.56 bits per heavy atom. The van der Waals surface area contributed by atoms with Gasteiger partial charge in [0, 0.05) is 19.5 Å². The second kappa shape index (κ2) is 6.86. The van der Waals surface area contributed by atoms with Crippen molar-refractivity contribution < 1.29 is 9.53 Å². The Hall–Kier alpha value is -0.610. The van der Waals surface area contributed by atoms with Crippen molar-refractivity contribution in [1.82, 2.24) is 4.90 Å². The van der Waals surface area contributed by atoms with Crippen LogP contribution in [0.3, 0.4) is 0 Å². The maximum absolute atomic E-state index is 12.0. The lowest BCUT2D eigenvalue weighted by Gasteiger charge is -2.33. The lowest BCUT2D eigenvalue weighted by Crippen LogP contribution is -2.46. The average molecular weight is 228 g/mol. The number of nitrogens with two attached hydrogens (primary N) is 1. The summed E-state index contributed by atoms with van der Waals surface area (Å²) >= 11 is 0. The van der Waals surface area contributed by atoms with E-state index in [1.165, 1.54) is 0 Å². The molecule has 2 N–H and O–H groups in total. The fraction of sp³-hybridized carbons (Fsp3) is 0.917. The largest absolute Gasteiger partial charge is 0.375 e. The molecule has 0 aromatic rings. The van der Waals surface area contributed by atoms with E-state index in [1.807, 2.05) is 4.90 Å². The second-order valence-corrected chi connectivity index (χ2v) is 4.45. The van der Waals surface area contributed by atoms with Gasteiger partial charge in [0.15, 0.2) is 0 Å². The first-order chi connectivity index (χ1) is 7.71. The van der Waals surface area contributed by atoms with Crippen molar-refractivity contribution in [3.8, 4) is 0 Å². The molecule has 4 heteroatoms. The van der Waals surface area contributed by atoms with E-state index in [9.17, 15) is 4.79 Å². The van der Waals surface area contributed by atoms with E-state index in [2.05, 4.69) is 13.8 Å². The van der Waals surface area contributed by atoms with Crippen LogP contribution >= 0.6 is 0 Å². The number of hydrogen-bond donors (Lipinski definition) is 1. The van der Waals surface area contributed by atoms with Crippen LogP contribution in [0.15, 0.2) is 0 Å². The lowest BCUT2D eigenvalue weighted by molar-refractivity contribution is -0.139. The van der Waals surface area contributed by atoms with Crippen LogP contribution in [0.2, 0.25) is 0 Å². The first-order valence-electron chi connectivity index (χ1n) is 6.30. The van der Waals surface area contributed by atoms with Crippen molar-refractivity contribution in [2.45, 2.75) is 39.2 Å². The van der Waals surface area contributed by atoms with E-state index >= 15 is 0 Å². The summed E-state index contributed by atoms with van der Waals surface area (Å²) in [6.07, 6.45) is 2.75. The minimum Gasteiger partial charge on any atom is -0.375 e. The van der Waals surface area contributed by atoms with Gasteiger partial charge in [0.05, 0.1) is 12.7 Å². The van der Waals surface area contributed by atoms with Crippen LogP contribution in [-0.2, 0) is 9.53 Å². The summed E-state index contributed by atoms with van der Waals surface area (Å²) < 4.78 is 5.55. The Labute approximate surface area is 98.1 Å². The van der Waals surface area contributed by atoms with Gasteiger partial charge in [-0.2, -0.15) is 0 Å². The van der Waals surface area contributed by atoms with Crippen LogP contribution in [-0.4, -0.2) is 43.2 Å². The van der Waals surface area contributed by atoms with Crippen LogP contribution < -0.4 is 5.73 Å². The SMILES string of the molecule is CCC(CN)CC(=O)N1CCOC(CC)C1. The van der Waals surface area contributed by atoms with Crippen molar-refractivity contribution in [3.05, 3.63) is 0 Å². The van der Waals surface area contributed by atoms with Gasteiger partial charge in [-0.05, 0) is 18.9 Å². The van der Waals surface area contributed by atoms with Crippen LogP contribution in [0.1, 0.15) is 33.1 Å². The Morgan fingerprint density at radius 2 is 2.31 bits per heavy atom. The van der Waals surface area contributed by atoms with Gasteiger partial charge in [-0.25, -0.2) is 0 Å². The number of nitrogens with zero attached hydrogens (tertiary/aromatic N) is 1. The predicted molar refractivity (Wildman–Crippen MR) is 64.1 cm³/mol. The number of carbonyl (C=O) groups excluding carboxylic acids is 1. The molecule has 1 fully saturated rings. The van der Waals surface area contributed by atoms with E-state index in [0.717, 1.165) is 25.9 Å². The monoisotopic (exact) mass is 228 g/mol. The molecule has 16 heavy (non-hydrogen) atoms. The summed E-state index contributed by atoms with van der Waals surface area (Å²) in [4.78, 5) is 13.9. The zero-order valence-corrected chi connectivity index (χ0v) is 10.4. The molecule has 1 amide bonds. The topological polar surface area (TPSA) is 55.6 Å². The summed E-state index contributed by atoms with van der Waals surface area (Å²) in [5.74, 6) is 0.564. The zero-order valence-electron chi connectivity index (χ0n) is 10.4. The van der Waals surface area contributed by atoms with E-state index in [4.69, 9.17) is 10.5 Å². The molecule has 0 radical (unpaired) electrons. The van der Waals surface area contributed by atoms with E-state index < -0.39 is 0 Å². The Bertz CT molecular complexity index is 217. The Morgan fingerprint density at radius 3 is 2.88 bits per heavy atom. The smallest absolute Gasteiger partial charge is 0.223 e. The first kappa shape index (κ1) is 13.5. The second-order valence-electron chi connectivity index (χ2n) is 4.45. The van der Waals surface area contributed by atoms with Gasteiger partial charge in [-0.1, -0.05) is 20.3 Å². The van der Waals surface area contributed by atoms with Crippen molar-refractivity contribution in [2.75, 3.05) is 26.2 Å². The summed E-state index contributed by atoms with van der Waals surface area (Å²) in [5, 5.41) is 0. The number of hydrogen-bond acceptors (Lipinski definition) is 3. The van der Waals surface area contributed by atoms with Crippen molar-refractivity contribution >= 4 is 5.91 Å². The van der Waals surface area contributed by atoms with Crippen LogP contribution in [0.5, 0.6) is 0 Å². The summed E-state index contributed by atoms with van der Waals surface area (Å²) in [5.41, 5.74) is 5.62. The molecule has 0 bridgehead atoms. The van der Waals surface area contributed by atoms with Gasteiger partial charge >= 0.3 is 0 Å². The van der Waals surface area contributed by atoms with Crippen LogP contribution in [0.4, 0.5) is 0 Å². The lowest BCUT2D eigenvalue weighted by atomic mass is 10.0. The number of morpholine rings is 1.